The van der Waals surface area contributed by atoms with Crippen LogP contribution < -0.4 is 11.1 Å². The van der Waals surface area contributed by atoms with Gasteiger partial charge in [0.25, 0.3) is 0 Å². The molecule has 29 heavy (non-hydrogen) atoms. The highest BCUT2D eigenvalue weighted by molar-refractivity contribution is 5.77. The molecule has 3 nitrogen and oxygen atoms in total. The molecule has 0 bridgehead atoms. The number of alkyl halides is 6. The Hall–Kier alpha value is -2.55. The molecule has 0 atom stereocenters. The van der Waals surface area contributed by atoms with E-state index in [0.29, 0.717) is 17.7 Å². The van der Waals surface area contributed by atoms with Gasteiger partial charge in [0.05, 0.1) is 11.1 Å². The molecule has 0 spiro atoms. The van der Waals surface area contributed by atoms with Gasteiger partial charge in [-0.25, -0.2) is 0 Å². The van der Waals surface area contributed by atoms with Gasteiger partial charge in [-0.1, -0.05) is 18.2 Å². The molecule has 0 saturated carbocycles. The summed E-state index contributed by atoms with van der Waals surface area (Å²) in [6.07, 6.45) is -9.78. The zero-order valence-corrected chi connectivity index (χ0v) is 15.7. The van der Waals surface area contributed by atoms with Crippen LogP contribution in [0.1, 0.15) is 37.0 Å². The zero-order chi connectivity index (χ0) is 22.0. The summed E-state index contributed by atoms with van der Waals surface area (Å²) in [5, 5.41) is 2.63. The van der Waals surface area contributed by atoms with Crippen LogP contribution in [0.2, 0.25) is 0 Å². The van der Waals surface area contributed by atoms with Gasteiger partial charge in [-0.15, -0.1) is 0 Å². The largest absolute Gasteiger partial charge is 0.416 e. The number of amides is 1. The summed E-state index contributed by atoms with van der Waals surface area (Å²) in [6.45, 7) is 3.42. The van der Waals surface area contributed by atoms with E-state index in [1.807, 2.05) is 0 Å². The minimum absolute atomic E-state index is 0.0633. The van der Waals surface area contributed by atoms with Crippen LogP contribution >= 0.6 is 0 Å². The van der Waals surface area contributed by atoms with E-state index < -0.39 is 29.0 Å². The number of hydrogen-bond donors (Lipinski definition) is 2. The molecule has 0 fully saturated rings. The van der Waals surface area contributed by atoms with Crippen LogP contribution in [0.25, 0.3) is 11.1 Å². The molecule has 2 rings (SSSR count). The Bertz CT molecular complexity index is 850. The molecule has 0 aliphatic carbocycles. The van der Waals surface area contributed by atoms with Crippen molar-refractivity contribution in [3.05, 3.63) is 59.2 Å². The molecule has 0 aliphatic heterocycles. The van der Waals surface area contributed by atoms with Crippen molar-refractivity contribution in [1.82, 2.24) is 5.32 Å². The number of carbonyl (C=O) groups is 1. The van der Waals surface area contributed by atoms with Crippen molar-refractivity contribution in [3.8, 4) is 11.1 Å². The smallest absolute Gasteiger partial charge is 0.352 e. The van der Waals surface area contributed by atoms with Gasteiger partial charge >= 0.3 is 12.4 Å². The van der Waals surface area contributed by atoms with E-state index in [1.54, 1.807) is 19.9 Å². The van der Waals surface area contributed by atoms with E-state index in [4.69, 9.17) is 5.73 Å². The molecular weight excluding hydrogens is 398 g/mol. The number of benzene rings is 2. The molecule has 0 aliphatic rings. The number of carbonyl (C=O) groups excluding carboxylic acids is 1. The van der Waals surface area contributed by atoms with Crippen molar-refractivity contribution in [2.24, 2.45) is 5.73 Å². The number of halogens is 6. The van der Waals surface area contributed by atoms with Gasteiger partial charge in [0, 0.05) is 18.5 Å². The average molecular weight is 418 g/mol. The first-order chi connectivity index (χ1) is 13.1. The predicted octanol–water partition coefficient (Wildman–Crippen LogP) is 5.13. The number of rotatable bonds is 5. The lowest BCUT2D eigenvalue weighted by Crippen LogP contribution is -2.38. The highest BCUT2D eigenvalue weighted by Crippen LogP contribution is 2.38. The molecule has 1 amide bonds. The van der Waals surface area contributed by atoms with Gasteiger partial charge in [-0.05, 0) is 54.8 Å². The third kappa shape index (κ3) is 6.77. The Kier molecular flexibility index (Phi) is 6.32. The van der Waals surface area contributed by atoms with Crippen LogP contribution in [0, 0.1) is 0 Å². The summed E-state index contributed by atoms with van der Waals surface area (Å²) in [5.41, 5.74) is 2.76. The average Bonchev–Trinajstić information content (AvgIpc) is 2.57. The second kappa shape index (κ2) is 8.06. The van der Waals surface area contributed by atoms with E-state index in [2.05, 4.69) is 5.32 Å². The summed E-state index contributed by atoms with van der Waals surface area (Å²) >= 11 is 0. The fraction of sp³-hybridized carbons (Fsp3) is 0.350. The number of nitrogens with one attached hydrogen (secondary N) is 1. The lowest BCUT2D eigenvalue weighted by Gasteiger charge is -2.17. The van der Waals surface area contributed by atoms with Gasteiger partial charge in [0.1, 0.15) is 0 Å². The summed E-state index contributed by atoms with van der Waals surface area (Å²) in [4.78, 5) is 11.9. The summed E-state index contributed by atoms with van der Waals surface area (Å²) in [6, 6.07) is 7.37. The maximum Gasteiger partial charge on any atom is 0.416 e. The van der Waals surface area contributed by atoms with Gasteiger partial charge in [-0.2, -0.15) is 26.3 Å². The Morgan fingerprint density at radius 2 is 1.45 bits per heavy atom. The molecule has 2 aromatic rings. The van der Waals surface area contributed by atoms with E-state index >= 15 is 0 Å². The fourth-order valence-electron chi connectivity index (χ4n) is 2.66. The standard InChI is InChI=1S/C20H20F6N2O/c1-18(2,27)10-17(29)28-11-12-4-3-5-13(6-12)14-7-15(19(21,22)23)9-16(8-14)20(24,25)26/h3-9H,10-11,27H2,1-2H3,(H,28,29). The molecule has 0 saturated heterocycles. The molecule has 158 valence electrons. The minimum Gasteiger partial charge on any atom is -0.352 e. The monoisotopic (exact) mass is 418 g/mol. The molecule has 9 heteroatoms. The Labute approximate surface area is 163 Å². The third-order valence-electron chi connectivity index (χ3n) is 3.95. The van der Waals surface area contributed by atoms with Crippen molar-refractivity contribution < 1.29 is 31.1 Å². The SMILES string of the molecule is CC(C)(N)CC(=O)NCc1cccc(-c2cc(C(F)(F)F)cc(C(F)(F)F)c2)c1. The molecule has 2 aromatic carbocycles. The van der Waals surface area contributed by atoms with Crippen LogP contribution in [0.5, 0.6) is 0 Å². The second-order valence-electron chi connectivity index (χ2n) is 7.44. The third-order valence-corrected chi connectivity index (χ3v) is 3.95. The predicted molar refractivity (Wildman–Crippen MR) is 96.6 cm³/mol. The van der Waals surface area contributed by atoms with Crippen molar-refractivity contribution in [2.75, 3.05) is 0 Å². The van der Waals surface area contributed by atoms with Gasteiger partial charge in [0.15, 0.2) is 0 Å². The summed E-state index contributed by atoms with van der Waals surface area (Å²) in [5.74, 6) is -0.318. The summed E-state index contributed by atoms with van der Waals surface area (Å²) < 4.78 is 78.3. The lowest BCUT2D eigenvalue weighted by molar-refractivity contribution is -0.143. The summed E-state index contributed by atoms with van der Waals surface area (Å²) in [7, 11) is 0. The van der Waals surface area contributed by atoms with Crippen molar-refractivity contribution in [3.63, 3.8) is 0 Å². The lowest BCUT2D eigenvalue weighted by atomic mass is 9.97. The van der Waals surface area contributed by atoms with E-state index in [9.17, 15) is 31.1 Å². The van der Waals surface area contributed by atoms with Crippen LogP contribution in [0.15, 0.2) is 42.5 Å². The maximum absolute atomic E-state index is 13.1. The quantitative estimate of drug-likeness (QED) is 0.661. The Balaban J connectivity index is 2.33. The van der Waals surface area contributed by atoms with Crippen LogP contribution in [-0.2, 0) is 23.7 Å². The normalized spacial score (nSPS) is 12.7. The van der Waals surface area contributed by atoms with Crippen molar-refractivity contribution in [1.29, 1.82) is 0 Å². The molecule has 3 N–H and O–H groups in total. The highest BCUT2D eigenvalue weighted by atomic mass is 19.4. The Morgan fingerprint density at radius 1 is 0.897 bits per heavy atom. The van der Waals surface area contributed by atoms with Crippen molar-refractivity contribution >= 4 is 5.91 Å². The molecule has 0 aromatic heterocycles. The first-order valence-corrected chi connectivity index (χ1v) is 8.59. The van der Waals surface area contributed by atoms with Crippen LogP contribution in [-0.4, -0.2) is 11.4 Å². The van der Waals surface area contributed by atoms with Gasteiger partial charge < -0.3 is 11.1 Å². The van der Waals surface area contributed by atoms with E-state index in [1.165, 1.54) is 18.2 Å². The maximum atomic E-state index is 13.1. The second-order valence-corrected chi connectivity index (χ2v) is 7.44. The topological polar surface area (TPSA) is 55.1 Å². The van der Waals surface area contributed by atoms with Crippen LogP contribution in [0.4, 0.5) is 26.3 Å². The van der Waals surface area contributed by atoms with E-state index in [0.717, 1.165) is 0 Å². The van der Waals surface area contributed by atoms with Gasteiger partial charge in [-0.3, -0.25) is 4.79 Å². The number of nitrogens with two attached hydrogens (primary N) is 1. The van der Waals surface area contributed by atoms with Gasteiger partial charge in [0.2, 0.25) is 5.91 Å². The van der Waals surface area contributed by atoms with Crippen LogP contribution in [0.3, 0.4) is 0 Å². The first-order valence-electron chi connectivity index (χ1n) is 8.59. The highest BCUT2D eigenvalue weighted by Gasteiger charge is 2.37. The van der Waals surface area contributed by atoms with E-state index in [-0.39, 0.29) is 36.1 Å². The molecule has 0 radical (unpaired) electrons. The fourth-order valence-corrected chi connectivity index (χ4v) is 2.66. The molecular formula is C20H20F6N2O. The first kappa shape index (κ1) is 22.7. The van der Waals surface area contributed by atoms with Crippen molar-refractivity contribution in [2.45, 2.75) is 44.7 Å². The minimum atomic E-state index is -4.92. The number of hydrogen-bond acceptors (Lipinski definition) is 2. The molecule has 0 unspecified atom stereocenters. The Morgan fingerprint density at radius 3 is 1.93 bits per heavy atom. The zero-order valence-electron chi connectivity index (χ0n) is 15.7. The molecule has 0 heterocycles.